The Bertz CT molecular complexity index is 706. The summed E-state index contributed by atoms with van der Waals surface area (Å²) in [6.45, 7) is 0. The van der Waals surface area contributed by atoms with E-state index in [0.29, 0.717) is 12.3 Å². The van der Waals surface area contributed by atoms with Gasteiger partial charge >= 0.3 is 11.7 Å². The molecule has 0 aromatic carbocycles. The highest BCUT2D eigenvalue weighted by molar-refractivity contribution is 7.08. The molecule has 1 fully saturated rings. The topological polar surface area (TPSA) is 91.8 Å². The predicted octanol–water partition coefficient (Wildman–Crippen LogP) is 2.09. The van der Waals surface area contributed by atoms with Crippen LogP contribution in [0.1, 0.15) is 31.5 Å². The minimum atomic E-state index is -0.199. The summed E-state index contributed by atoms with van der Waals surface area (Å²) >= 11 is 1.55. The number of amides is 2. The molecule has 2 amide bonds. The van der Waals surface area contributed by atoms with Gasteiger partial charge < -0.3 is 10.6 Å². The first-order valence-electron chi connectivity index (χ1n) is 7.83. The average Bonchev–Trinajstić information content (AvgIpc) is 3.14. The maximum absolute atomic E-state index is 12.2. The lowest BCUT2D eigenvalue weighted by atomic mass is 9.82. The quantitative estimate of drug-likeness (QED) is 0.799. The number of nitrogens with one attached hydrogen (secondary N) is 3. The second-order valence-corrected chi connectivity index (χ2v) is 6.75. The van der Waals surface area contributed by atoms with Crippen LogP contribution in [0.3, 0.4) is 0 Å². The summed E-state index contributed by atoms with van der Waals surface area (Å²) in [5, 5.41) is 16.3. The van der Waals surface area contributed by atoms with Gasteiger partial charge in [-0.15, -0.1) is 0 Å². The van der Waals surface area contributed by atoms with E-state index in [1.54, 1.807) is 18.4 Å². The molecular weight excluding hydrogens is 314 g/mol. The van der Waals surface area contributed by atoms with Gasteiger partial charge in [-0.2, -0.15) is 16.4 Å². The summed E-state index contributed by atoms with van der Waals surface area (Å²) in [5.74, 6) is 1.04. The number of anilines is 1. The zero-order chi connectivity index (χ0) is 16.2. The number of rotatable bonds is 4. The van der Waals surface area contributed by atoms with E-state index in [-0.39, 0.29) is 17.8 Å². The smallest absolute Gasteiger partial charge is 0.335 e. The number of carbonyl (C=O) groups is 1. The Hall–Kier alpha value is -2.09. The maximum Gasteiger partial charge on any atom is 0.343 e. The lowest BCUT2D eigenvalue weighted by Gasteiger charge is -2.31. The molecule has 23 heavy (non-hydrogen) atoms. The van der Waals surface area contributed by atoms with E-state index in [0.717, 1.165) is 37.2 Å². The number of hydrogen-bond donors (Lipinski definition) is 3. The van der Waals surface area contributed by atoms with Gasteiger partial charge in [0.1, 0.15) is 5.82 Å². The summed E-state index contributed by atoms with van der Waals surface area (Å²) in [4.78, 5) is 23.6. The molecular formula is C15H21N5O2S. The van der Waals surface area contributed by atoms with Crippen LogP contribution in [0.15, 0.2) is 21.6 Å². The van der Waals surface area contributed by atoms with E-state index in [4.69, 9.17) is 0 Å². The average molecular weight is 335 g/mol. The van der Waals surface area contributed by atoms with Gasteiger partial charge in [0.2, 0.25) is 0 Å². The first kappa shape index (κ1) is 15.8. The molecule has 0 saturated heterocycles. The second kappa shape index (κ2) is 6.99. The number of urea groups is 1. The molecule has 2 aromatic rings. The summed E-state index contributed by atoms with van der Waals surface area (Å²) < 4.78 is 1.54. The maximum atomic E-state index is 12.2. The zero-order valence-corrected chi connectivity index (χ0v) is 13.9. The third-order valence-electron chi connectivity index (χ3n) is 4.42. The van der Waals surface area contributed by atoms with Crippen LogP contribution in [0.2, 0.25) is 0 Å². The minimum absolute atomic E-state index is 0.106. The van der Waals surface area contributed by atoms with Crippen molar-refractivity contribution in [2.24, 2.45) is 13.0 Å². The molecule has 1 aliphatic carbocycles. The first-order chi connectivity index (χ1) is 11.1. The van der Waals surface area contributed by atoms with Crippen LogP contribution < -0.4 is 16.3 Å². The molecule has 2 aromatic heterocycles. The number of thiophene rings is 1. The van der Waals surface area contributed by atoms with Gasteiger partial charge in [-0.1, -0.05) is 12.8 Å². The van der Waals surface area contributed by atoms with Crippen LogP contribution in [0, 0.1) is 5.92 Å². The fourth-order valence-electron chi connectivity index (χ4n) is 3.11. The van der Waals surface area contributed by atoms with Gasteiger partial charge in [0.25, 0.3) is 0 Å². The highest BCUT2D eigenvalue weighted by Crippen LogP contribution is 2.27. The summed E-state index contributed by atoms with van der Waals surface area (Å²) in [6, 6.07) is 1.81. The lowest BCUT2D eigenvalue weighted by Crippen LogP contribution is -2.45. The van der Waals surface area contributed by atoms with Crippen molar-refractivity contribution in [3.8, 4) is 0 Å². The predicted molar refractivity (Wildman–Crippen MR) is 89.8 cm³/mol. The minimum Gasteiger partial charge on any atom is -0.335 e. The number of carbonyl (C=O) groups excluding carboxylic acids is 1. The van der Waals surface area contributed by atoms with E-state index in [1.165, 1.54) is 4.57 Å². The van der Waals surface area contributed by atoms with Crippen molar-refractivity contribution in [1.82, 2.24) is 20.1 Å². The number of hydrogen-bond acceptors (Lipinski definition) is 4. The van der Waals surface area contributed by atoms with Gasteiger partial charge in [0, 0.05) is 24.9 Å². The number of aromatic nitrogens is 3. The Morgan fingerprint density at radius 1 is 1.48 bits per heavy atom. The number of H-pyrrole nitrogens is 1. The van der Waals surface area contributed by atoms with Crippen LogP contribution >= 0.6 is 11.3 Å². The van der Waals surface area contributed by atoms with Gasteiger partial charge in [-0.05, 0) is 30.2 Å². The van der Waals surface area contributed by atoms with Gasteiger partial charge in [0.15, 0.2) is 0 Å². The SMILES string of the molecule is Cn1c(C[C@@H]2CCCC[C@@H]2NC(=O)Nc2ccsc2)n[nH]c1=O. The Kier molecular flexibility index (Phi) is 4.80. The third kappa shape index (κ3) is 3.82. The Labute approximate surface area is 138 Å². The van der Waals surface area contributed by atoms with Crippen LogP contribution in [0.25, 0.3) is 0 Å². The zero-order valence-electron chi connectivity index (χ0n) is 13.0. The molecule has 2 atom stereocenters. The molecule has 124 valence electrons. The van der Waals surface area contributed by atoms with Crippen LogP contribution in [-0.4, -0.2) is 26.8 Å². The summed E-state index contributed by atoms with van der Waals surface area (Å²) in [6.07, 6.45) is 4.94. The van der Waals surface area contributed by atoms with Crippen molar-refractivity contribution in [1.29, 1.82) is 0 Å². The third-order valence-corrected chi connectivity index (χ3v) is 5.11. The van der Waals surface area contributed by atoms with E-state index in [2.05, 4.69) is 20.8 Å². The highest BCUT2D eigenvalue weighted by atomic mass is 32.1. The molecule has 0 bridgehead atoms. The van der Waals surface area contributed by atoms with Crippen LogP contribution in [-0.2, 0) is 13.5 Å². The molecule has 0 spiro atoms. The summed E-state index contributed by atoms with van der Waals surface area (Å²) in [7, 11) is 1.72. The van der Waals surface area contributed by atoms with E-state index < -0.39 is 0 Å². The van der Waals surface area contributed by atoms with Crippen molar-refractivity contribution < 1.29 is 4.79 Å². The van der Waals surface area contributed by atoms with Crippen molar-refractivity contribution in [2.75, 3.05) is 5.32 Å². The normalized spacial score (nSPS) is 21.1. The van der Waals surface area contributed by atoms with Crippen LogP contribution in [0.4, 0.5) is 10.5 Å². The molecule has 8 heteroatoms. The van der Waals surface area contributed by atoms with Gasteiger partial charge in [-0.25, -0.2) is 14.7 Å². The molecule has 3 N–H and O–H groups in total. The molecule has 0 radical (unpaired) electrons. The second-order valence-electron chi connectivity index (χ2n) is 5.97. The fourth-order valence-corrected chi connectivity index (χ4v) is 3.70. The number of aromatic amines is 1. The van der Waals surface area contributed by atoms with Crippen molar-refractivity contribution >= 4 is 23.1 Å². The van der Waals surface area contributed by atoms with E-state index in [1.807, 2.05) is 16.8 Å². The Morgan fingerprint density at radius 2 is 2.30 bits per heavy atom. The molecule has 0 aliphatic heterocycles. The Balaban J connectivity index is 1.63. The number of nitrogens with zero attached hydrogens (tertiary/aromatic N) is 2. The largest absolute Gasteiger partial charge is 0.343 e. The van der Waals surface area contributed by atoms with Gasteiger partial charge in [0.05, 0.1) is 5.69 Å². The molecule has 1 saturated carbocycles. The van der Waals surface area contributed by atoms with Crippen molar-refractivity contribution in [2.45, 2.75) is 38.1 Å². The highest BCUT2D eigenvalue weighted by Gasteiger charge is 2.28. The fraction of sp³-hybridized carbons (Fsp3) is 0.533. The molecule has 0 unspecified atom stereocenters. The molecule has 3 rings (SSSR count). The molecule has 7 nitrogen and oxygen atoms in total. The standard InChI is InChI=1S/C15H21N5O2S/c1-20-13(18-19-15(20)22)8-10-4-2-3-5-12(10)17-14(21)16-11-6-7-23-9-11/h6-7,9-10,12H,2-5,8H2,1H3,(H,19,22)(H2,16,17,21)/t10-,12-/m0/s1. The monoisotopic (exact) mass is 335 g/mol. The van der Waals surface area contributed by atoms with E-state index in [9.17, 15) is 9.59 Å². The first-order valence-corrected chi connectivity index (χ1v) is 8.78. The lowest BCUT2D eigenvalue weighted by molar-refractivity contribution is 0.226. The van der Waals surface area contributed by atoms with E-state index >= 15 is 0 Å². The van der Waals surface area contributed by atoms with Crippen molar-refractivity contribution in [3.05, 3.63) is 33.1 Å². The Morgan fingerprint density at radius 3 is 3.00 bits per heavy atom. The van der Waals surface area contributed by atoms with Crippen molar-refractivity contribution in [3.63, 3.8) is 0 Å². The molecule has 2 heterocycles. The van der Waals surface area contributed by atoms with Gasteiger partial charge in [-0.3, -0.25) is 4.57 Å². The summed E-state index contributed by atoms with van der Waals surface area (Å²) in [5.41, 5.74) is 0.616. The van der Waals surface area contributed by atoms with Crippen LogP contribution in [0.5, 0.6) is 0 Å². The molecule has 1 aliphatic rings.